The van der Waals surface area contributed by atoms with E-state index in [0.717, 1.165) is 0 Å². The molecule has 1 aromatic heterocycles. The van der Waals surface area contributed by atoms with E-state index in [1.165, 1.54) is 16.7 Å². The zero-order valence-electron chi connectivity index (χ0n) is 10.3. The number of nitrogens with zero attached hydrogens (tertiary/aromatic N) is 3. The van der Waals surface area contributed by atoms with Crippen LogP contribution in [0.15, 0.2) is 0 Å². The summed E-state index contributed by atoms with van der Waals surface area (Å²) in [6.07, 6.45) is 0. The van der Waals surface area contributed by atoms with Crippen LogP contribution in [0.25, 0.3) is 0 Å². The highest BCUT2D eigenvalue weighted by molar-refractivity contribution is 5.95. The number of amides is 1. The van der Waals surface area contributed by atoms with Gasteiger partial charge in [-0.2, -0.15) is 5.10 Å². The molecule has 0 fully saturated rings. The topological polar surface area (TPSA) is 56.6 Å². The number of hydrogen-bond acceptors (Lipinski definition) is 4. The maximum atomic E-state index is 11.9. The van der Waals surface area contributed by atoms with Crippen LogP contribution in [0, 0.1) is 0 Å². The number of carbonyl (C=O) groups is 1. The van der Waals surface area contributed by atoms with E-state index in [1.54, 1.807) is 28.3 Å². The van der Waals surface area contributed by atoms with Crippen LogP contribution in [0.4, 0.5) is 0 Å². The lowest BCUT2D eigenvalue weighted by Crippen LogP contribution is -2.24. The first-order chi connectivity index (χ1) is 7.52. The Kier molecular flexibility index (Phi) is 3.89. The number of hydrogen-bond donors (Lipinski definition) is 0. The fourth-order valence-corrected chi connectivity index (χ4v) is 1.45. The standard InChI is InChI=1S/C10H17N3O3/c1-12(2)10(14)8-9(16-5)7(6-15-4)11-13(8)3/h6H2,1-5H3. The number of methoxy groups -OCH3 is 2. The van der Waals surface area contributed by atoms with E-state index in [9.17, 15) is 4.79 Å². The van der Waals surface area contributed by atoms with Crippen LogP contribution in [0.5, 0.6) is 5.75 Å². The number of aromatic nitrogens is 2. The van der Waals surface area contributed by atoms with Crippen molar-refractivity contribution in [1.82, 2.24) is 14.7 Å². The Morgan fingerprint density at radius 3 is 2.50 bits per heavy atom. The van der Waals surface area contributed by atoms with Gasteiger partial charge in [-0.15, -0.1) is 0 Å². The number of aryl methyl sites for hydroxylation is 1. The molecule has 0 aliphatic heterocycles. The number of ether oxygens (including phenoxy) is 2. The summed E-state index contributed by atoms with van der Waals surface area (Å²) < 4.78 is 11.7. The second kappa shape index (κ2) is 4.98. The molecule has 90 valence electrons. The Morgan fingerprint density at radius 2 is 2.06 bits per heavy atom. The summed E-state index contributed by atoms with van der Waals surface area (Å²) in [5, 5.41) is 4.19. The molecule has 1 aromatic rings. The monoisotopic (exact) mass is 227 g/mol. The van der Waals surface area contributed by atoms with E-state index in [4.69, 9.17) is 9.47 Å². The van der Waals surface area contributed by atoms with E-state index < -0.39 is 0 Å². The average Bonchev–Trinajstić information content (AvgIpc) is 2.53. The van der Waals surface area contributed by atoms with Gasteiger partial charge in [0.05, 0.1) is 13.7 Å². The first-order valence-corrected chi connectivity index (χ1v) is 4.83. The first kappa shape index (κ1) is 12.5. The Morgan fingerprint density at radius 1 is 1.44 bits per heavy atom. The summed E-state index contributed by atoms with van der Waals surface area (Å²) in [5.41, 5.74) is 1.05. The van der Waals surface area contributed by atoms with E-state index >= 15 is 0 Å². The van der Waals surface area contributed by atoms with Crippen molar-refractivity contribution in [2.24, 2.45) is 7.05 Å². The van der Waals surface area contributed by atoms with Gasteiger partial charge in [-0.25, -0.2) is 0 Å². The summed E-state index contributed by atoms with van der Waals surface area (Å²) in [5.74, 6) is 0.331. The molecule has 0 aromatic carbocycles. The summed E-state index contributed by atoms with van der Waals surface area (Å²) in [7, 11) is 8.16. The van der Waals surface area contributed by atoms with Gasteiger partial charge in [0, 0.05) is 28.3 Å². The molecular weight excluding hydrogens is 210 g/mol. The van der Waals surface area contributed by atoms with Crippen LogP contribution < -0.4 is 4.74 Å². The number of carbonyl (C=O) groups excluding carboxylic acids is 1. The van der Waals surface area contributed by atoms with Gasteiger partial charge in [-0.1, -0.05) is 0 Å². The second-order valence-electron chi connectivity index (χ2n) is 3.58. The van der Waals surface area contributed by atoms with Gasteiger partial charge in [0.25, 0.3) is 5.91 Å². The normalized spacial score (nSPS) is 10.3. The smallest absolute Gasteiger partial charge is 0.275 e. The molecule has 0 aliphatic rings. The van der Waals surface area contributed by atoms with Gasteiger partial charge in [0.2, 0.25) is 0 Å². The zero-order valence-corrected chi connectivity index (χ0v) is 10.3. The maximum absolute atomic E-state index is 11.9. The predicted octanol–water partition coefficient (Wildman–Crippen LogP) is 0.277. The summed E-state index contributed by atoms with van der Waals surface area (Å²) in [4.78, 5) is 13.4. The molecule has 0 N–H and O–H groups in total. The molecule has 0 atom stereocenters. The van der Waals surface area contributed by atoms with Gasteiger partial charge < -0.3 is 14.4 Å². The molecule has 16 heavy (non-hydrogen) atoms. The molecule has 1 rings (SSSR count). The molecular formula is C10H17N3O3. The van der Waals surface area contributed by atoms with Crippen molar-refractivity contribution in [1.29, 1.82) is 0 Å². The zero-order chi connectivity index (χ0) is 12.3. The van der Waals surface area contributed by atoms with E-state index in [0.29, 0.717) is 23.7 Å². The van der Waals surface area contributed by atoms with Gasteiger partial charge in [0.15, 0.2) is 11.4 Å². The average molecular weight is 227 g/mol. The van der Waals surface area contributed by atoms with Crippen LogP contribution in [-0.2, 0) is 18.4 Å². The highest BCUT2D eigenvalue weighted by atomic mass is 16.5. The van der Waals surface area contributed by atoms with Gasteiger partial charge in [0.1, 0.15) is 5.69 Å². The summed E-state index contributed by atoms with van der Waals surface area (Å²) in [6, 6.07) is 0. The van der Waals surface area contributed by atoms with Crippen molar-refractivity contribution in [2.45, 2.75) is 6.61 Å². The Hall–Kier alpha value is -1.56. The lowest BCUT2D eigenvalue weighted by molar-refractivity contribution is 0.0813. The highest BCUT2D eigenvalue weighted by Gasteiger charge is 2.23. The van der Waals surface area contributed by atoms with Crippen LogP contribution in [0.3, 0.4) is 0 Å². The first-order valence-electron chi connectivity index (χ1n) is 4.83. The van der Waals surface area contributed by atoms with E-state index in [1.807, 2.05) is 0 Å². The third-order valence-electron chi connectivity index (χ3n) is 2.17. The molecule has 0 saturated carbocycles. The minimum atomic E-state index is -0.144. The van der Waals surface area contributed by atoms with Crippen LogP contribution in [0.2, 0.25) is 0 Å². The second-order valence-corrected chi connectivity index (χ2v) is 3.58. The van der Waals surface area contributed by atoms with Crippen LogP contribution in [-0.4, -0.2) is 48.9 Å². The summed E-state index contributed by atoms with van der Waals surface area (Å²) in [6.45, 7) is 0.317. The minimum Gasteiger partial charge on any atom is -0.492 e. The lowest BCUT2D eigenvalue weighted by atomic mass is 10.3. The van der Waals surface area contributed by atoms with Crippen molar-refractivity contribution in [3.8, 4) is 5.75 Å². The molecule has 0 spiro atoms. The molecule has 6 heteroatoms. The molecule has 1 amide bonds. The van der Waals surface area contributed by atoms with Crippen molar-refractivity contribution in [2.75, 3.05) is 28.3 Å². The quantitative estimate of drug-likeness (QED) is 0.741. The van der Waals surface area contributed by atoms with Gasteiger partial charge in [-0.3, -0.25) is 9.48 Å². The largest absolute Gasteiger partial charge is 0.492 e. The highest BCUT2D eigenvalue weighted by Crippen LogP contribution is 2.24. The van der Waals surface area contributed by atoms with E-state index in [2.05, 4.69) is 5.10 Å². The van der Waals surface area contributed by atoms with Crippen LogP contribution in [0.1, 0.15) is 16.2 Å². The minimum absolute atomic E-state index is 0.144. The molecule has 0 unspecified atom stereocenters. The maximum Gasteiger partial charge on any atom is 0.275 e. The third-order valence-corrected chi connectivity index (χ3v) is 2.17. The third kappa shape index (κ3) is 2.16. The number of rotatable bonds is 4. The van der Waals surface area contributed by atoms with Crippen molar-refractivity contribution in [3.63, 3.8) is 0 Å². The van der Waals surface area contributed by atoms with Crippen molar-refractivity contribution < 1.29 is 14.3 Å². The lowest BCUT2D eigenvalue weighted by Gasteiger charge is -2.11. The molecule has 0 radical (unpaired) electrons. The fraction of sp³-hybridized carbons (Fsp3) is 0.600. The van der Waals surface area contributed by atoms with Crippen molar-refractivity contribution in [3.05, 3.63) is 11.4 Å². The molecule has 0 saturated heterocycles. The Bertz CT molecular complexity index is 385. The molecule has 6 nitrogen and oxygen atoms in total. The molecule has 0 aliphatic carbocycles. The predicted molar refractivity (Wildman–Crippen MR) is 58.5 cm³/mol. The molecule has 1 heterocycles. The SMILES string of the molecule is COCc1nn(C)c(C(=O)N(C)C)c1OC. The Balaban J connectivity index is 3.21. The van der Waals surface area contributed by atoms with Gasteiger partial charge >= 0.3 is 0 Å². The van der Waals surface area contributed by atoms with Crippen molar-refractivity contribution >= 4 is 5.91 Å². The Labute approximate surface area is 94.7 Å². The van der Waals surface area contributed by atoms with Crippen LogP contribution >= 0.6 is 0 Å². The fourth-order valence-electron chi connectivity index (χ4n) is 1.45. The summed E-state index contributed by atoms with van der Waals surface area (Å²) >= 11 is 0. The van der Waals surface area contributed by atoms with Gasteiger partial charge in [-0.05, 0) is 0 Å². The van der Waals surface area contributed by atoms with E-state index in [-0.39, 0.29) is 5.91 Å². The molecule has 0 bridgehead atoms.